The Labute approximate surface area is 295 Å². The number of ether oxygens (including phenoxy) is 1. The first-order valence-corrected chi connectivity index (χ1v) is 19.0. The molecule has 1 aromatic carbocycles. The van der Waals surface area contributed by atoms with Crippen LogP contribution >= 0.6 is 8.25 Å². The molecule has 0 bridgehead atoms. The number of rotatable bonds is 21. The van der Waals surface area contributed by atoms with E-state index in [1.165, 1.54) is 11.8 Å². The Morgan fingerprint density at radius 2 is 1.70 bits per heavy atom. The summed E-state index contributed by atoms with van der Waals surface area (Å²) in [7, 11) is -2.75. The summed E-state index contributed by atoms with van der Waals surface area (Å²) in [6, 6.07) is 7.06. The quantitative estimate of drug-likeness (QED) is 0.0996. The Kier molecular flexibility index (Phi) is 18.2. The highest BCUT2D eigenvalue weighted by atomic mass is 31.1. The summed E-state index contributed by atoms with van der Waals surface area (Å²) in [5.41, 5.74) is 0.880. The number of hydrogen-bond acceptors (Lipinski definition) is 9. The highest BCUT2D eigenvalue weighted by Crippen LogP contribution is 2.29. The van der Waals surface area contributed by atoms with E-state index >= 15 is 0 Å². The second-order valence-electron chi connectivity index (χ2n) is 13.0. The highest BCUT2D eigenvalue weighted by molar-refractivity contribution is 7.33. The van der Waals surface area contributed by atoms with Gasteiger partial charge < -0.3 is 30.7 Å². The summed E-state index contributed by atoms with van der Waals surface area (Å²) in [5.74, 6) is -2.35. The van der Waals surface area contributed by atoms with Crippen molar-refractivity contribution in [3.05, 3.63) is 35.9 Å². The van der Waals surface area contributed by atoms with Gasteiger partial charge in [0.2, 0.25) is 11.8 Å². The van der Waals surface area contributed by atoms with Crippen LogP contribution in [0.2, 0.25) is 0 Å². The lowest BCUT2D eigenvalue weighted by molar-refractivity contribution is -0.151. The number of carbonyl (C=O) groups is 5. The molecular weight excluding hydrogens is 667 g/mol. The van der Waals surface area contributed by atoms with Crippen LogP contribution in [0.1, 0.15) is 103 Å². The molecule has 50 heavy (non-hydrogen) atoms. The Balaban J connectivity index is 1.51. The topological polar surface area (TPSA) is 190 Å². The fraction of sp³-hybridized carbons (Fsp3) is 0.686. The lowest BCUT2D eigenvalue weighted by atomic mass is 9.88. The van der Waals surface area contributed by atoms with Crippen LogP contribution in [0.15, 0.2) is 30.3 Å². The Hall–Kier alpha value is -3.61. The van der Waals surface area contributed by atoms with Crippen molar-refractivity contribution in [2.45, 2.75) is 128 Å². The number of hydrogen-bond donors (Lipinski definition) is 4. The molecule has 2 unspecified atom stereocenters. The van der Waals surface area contributed by atoms with Crippen LogP contribution < -0.4 is 16.0 Å². The molecular formula is C35H54N4O10P+. The Morgan fingerprint density at radius 3 is 2.40 bits per heavy atom. The minimum Gasteiger partial charge on any atom is -0.480 e. The minimum atomic E-state index is -2.75. The SMILES string of the molecule is CCCCC(CO[P+](=O)O[C@@H](C)C(=O)N1CCC[C@H]1C(=O)O)NC(=O)[C@H](CCCCNC(=O)OCc1ccccc1)NC(=O)C1CCCCC1. The van der Waals surface area contributed by atoms with E-state index in [4.69, 9.17) is 13.8 Å². The number of likely N-dealkylation sites (tertiary alicyclic amines) is 1. The number of amides is 4. The van der Waals surface area contributed by atoms with Crippen molar-refractivity contribution in [3.63, 3.8) is 0 Å². The standard InChI is InChI=1S/C35H53N4O10P/c1-3-4-18-28(24-48-50(46)49-25(2)33(42)39-22-13-20-30(39)34(43)44)37-32(41)29(38-31(40)27-16-9-6-10-17-27)19-11-12-21-36-35(45)47-23-26-14-7-5-8-15-26/h5,7-8,14-15,25,27-30H,3-4,6,9-13,16-24H2,1-2H3,(H3-,36,37,38,40,41,43,44,45)/p+1/t25-,28?,29-,30-/m0/s1. The number of benzene rings is 1. The molecule has 4 N–H and O–H groups in total. The lowest BCUT2D eigenvalue weighted by Gasteiger charge is -2.26. The van der Waals surface area contributed by atoms with Crippen LogP contribution in [-0.4, -0.2) is 83.7 Å². The largest absolute Gasteiger partial charge is 0.698 e. The van der Waals surface area contributed by atoms with Crippen molar-refractivity contribution in [3.8, 4) is 0 Å². The van der Waals surface area contributed by atoms with Gasteiger partial charge >= 0.3 is 20.3 Å². The molecule has 1 aliphatic carbocycles. The first kappa shape index (κ1) is 40.8. The molecule has 0 aromatic heterocycles. The molecule has 3 rings (SSSR count). The first-order chi connectivity index (χ1) is 24.1. The summed E-state index contributed by atoms with van der Waals surface area (Å²) in [6.07, 6.45) is 7.34. The van der Waals surface area contributed by atoms with E-state index in [1.54, 1.807) is 0 Å². The maximum Gasteiger partial charge on any atom is 0.698 e. The van der Waals surface area contributed by atoms with E-state index in [-0.39, 0.29) is 37.5 Å². The van der Waals surface area contributed by atoms with E-state index in [2.05, 4.69) is 16.0 Å². The first-order valence-electron chi connectivity index (χ1n) is 17.9. The van der Waals surface area contributed by atoms with Gasteiger partial charge in [-0.25, -0.2) is 9.59 Å². The van der Waals surface area contributed by atoms with Gasteiger partial charge in [-0.05, 0) is 63.9 Å². The van der Waals surface area contributed by atoms with Crippen LogP contribution in [0.3, 0.4) is 0 Å². The third-order valence-corrected chi connectivity index (χ3v) is 9.91. The van der Waals surface area contributed by atoms with E-state index in [1.807, 2.05) is 37.3 Å². The van der Waals surface area contributed by atoms with E-state index < -0.39 is 50.5 Å². The number of carboxylic acid groups (broad SMARTS) is 1. The van der Waals surface area contributed by atoms with Crippen molar-refractivity contribution < 1.29 is 47.4 Å². The van der Waals surface area contributed by atoms with E-state index in [0.717, 1.165) is 50.5 Å². The summed E-state index contributed by atoms with van der Waals surface area (Å²) < 4.78 is 28.7. The Bertz CT molecular complexity index is 1260. The average Bonchev–Trinajstić information content (AvgIpc) is 3.62. The summed E-state index contributed by atoms with van der Waals surface area (Å²) in [5, 5.41) is 18.0. The molecule has 1 saturated heterocycles. The predicted molar refractivity (Wildman–Crippen MR) is 185 cm³/mol. The monoisotopic (exact) mass is 721 g/mol. The molecule has 0 radical (unpaired) electrons. The second-order valence-corrected chi connectivity index (χ2v) is 13.9. The van der Waals surface area contributed by atoms with Crippen molar-refractivity contribution in [1.82, 2.24) is 20.9 Å². The van der Waals surface area contributed by atoms with Gasteiger partial charge in [0.05, 0.1) is 6.04 Å². The van der Waals surface area contributed by atoms with Crippen LogP contribution in [0.5, 0.6) is 0 Å². The molecule has 1 aliphatic heterocycles. The summed E-state index contributed by atoms with van der Waals surface area (Å²) in [6.45, 7) is 4.03. The molecule has 278 valence electrons. The van der Waals surface area contributed by atoms with E-state index in [9.17, 15) is 33.6 Å². The highest BCUT2D eigenvalue weighted by Gasteiger charge is 2.40. The fourth-order valence-electron chi connectivity index (χ4n) is 6.19. The smallest absolute Gasteiger partial charge is 0.480 e. The van der Waals surface area contributed by atoms with E-state index in [0.29, 0.717) is 45.1 Å². The van der Waals surface area contributed by atoms with Crippen LogP contribution in [-0.2, 0) is 44.1 Å². The number of carbonyl (C=O) groups excluding carboxylic acids is 4. The van der Waals surface area contributed by atoms with Gasteiger partial charge in [-0.1, -0.05) is 69.4 Å². The summed E-state index contributed by atoms with van der Waals surface area (Å²) >= 11 is 0. The van der Waals surface area contributed by atoms with Crippen LogP contribution in [0.25, 0.3) is 0 Å². The number of carboxylic acids is 1. The molecule has 14 nitrogen and oxygen atoms in total. The van der Waals surface area contributed by atoms with Gasteiger partial charge in [0.1, 0.15) is 25.3 Å². The maximum absolute atomic E-state index is 13.6. The van der Waals surface area contributed by atoms with Gasteiger partial charge in [-0.15, -0.1) is 9.05 Å². The third-order valence-electron chi connectivity index (χ3n) is 9.06. The minimum absolute atomic E-state index is 0.142. The van der Waals surface area contributed by atoms with Gasteiger partial charge in [0, 0.05) is 23.6 Å². The number of aliphatic carboxylic acids is 1. The third kappa shape index (κ3) is 14.3. The van der Waals surface area contributed by atoms with Crippen LogP contribution in [0.4, 0.5) is 4.79 Å². The van der Waals surface area contributed by atoms with Crippen molar-refractivity contribution in [2.24, 2.45) is 5.92 Å². The Morgan fingerprint density at radius 1 is 0.960 bits per heavy atom. The zero-order valence-electron chi connectivity index (χ0n) is 29.3. The zero-order chi connectivity index (χ0) is 36.3. The number of nitrogens with one attached hydrogen (secondary N) is 3. The molecule has 5 atom stereocenters. The molecule has 2 fully saturated rings. The van der Waals surface area contributed by atoms with Crippen molar-refractivity contribution in [2.75, 3.05) is 19.7 Å². The summed E-state index contributed by atoms with van der Waals surface area (Å²) in [4.78, 5) is 64.3. The van der Waals surface area contributed by atoms with Gasteiger partial charge in [0.25, 0.3) is 5.91 Å². The van der Waals surface area contributed by atoms with Crippen LogP contribution in [0, 0.1) is 5.92 Å². The zero-order valence-corrected chi connectivity index (χ0v) is 30.2. The fourth-order valence-corrected chi connectivity index (χ4v) is 6.90. The maximum atomic E-state index is 13.6. The molecule has 1 saturated carbocycles. The number of alkyl carbamates (subject to hydrolysis) is 1. The molecule has 2 aliphatic rings. The van der Waals surface area contributed by atoms with Crippen molar-refractivity contribution >= 4 is 38.0 Å². The van der Waals surface area contributed by atoms with Gasteiger partial charge in [-0.2, -0.15) is 0 Å². The average molecular weight is 722 g/mol. The molecule has 1 heterocycles. The second kappa shape index (κ2) is 22.3. The number of nitrogens with zero attached hydrogens (tertiary/aromatic N) is 1. The van der Waals surface area contributed by atoms with Gasteiger partial charge in [0.15, 0.2) is 6.10 Å². The predicted octanol–water partition coefficient (Wildman–Crippen LogP) is 4.98. The molecule has 0 spiro atoms. The normalized spacial score (nSPS) is 18.4. The lowest BCUT2D eigenvalue weighted by Crippen LogP contribution is -2.51. The van der Waals surface area contributed by atoms with Crippen molar-refractivity contribution in [1.29, 1.82) is 0 Å². The van der Waals surface area contributed by atoms with Gasteiger partial charge in [-0.3, -0.25) is 14.4 Å². The number of unbranched alkanes of at least 4 members (excludes halogenated alkanes) is 2. The molecule has 1 aromatic rings. The molecule has 15 heteroatoms. The molecule has 4 amide bonds.